The van der Waals surface area contributed by atoms with Gasteiger partial charge in [0.05, 0.1) is 6.20 Å². The van der Waals surface area contributed by atoms with Gasteiger partial charge in [-0.25, -0.2) is 5.10 Å². The second-order valence-corrected chi connectivity index (χ2v) is 3.39. The highest BCUT2D eigenvalue weighted by Gasteiger charge is 2.01. The van der Waals surface area contributed by atoms with E-state index in [0.717, 1.165) is 12.0 Å². The van der Waals surface area contributed by atoms with Crippen LogP contribution in [0.3, 0.4) is 0 Å². The molecule has 0 amide bonds. The Morgan fingerprint density at radius 3 is 2.69 bits per heavy atom. The van der Waals surface area contributed by atoms with E-state index in [2.05, 4.69) is 29.0 Å². The maximum Gasteiger partial charge on any atom is 0.290 e. The molecule has 0 fully saturated rings. The molecule has 0 aliphatic heterocycles. The summed E-state index contributed by atoms with van der Waals surface area (Å²) >= 11 is 0. The van der Waals surface area contributed by atoms with Crippen molar-refractivity contribution in [2.45, 2.75) is 41.0 Å². The van der Waals surface area contributed by atoms with Gasteiger partial charge in [0.1, 0.15) is 5.69 Å². The van der Waals surface area contributed by atoms with E-state index in [1.165, 1.54) is 0 Å². The summed E-state index contributed by atoms with van der Waals surface area (Å²) < 4.78 is 0. The second-order valence-electron chi connectivity index (χ2n) is 3.39. The van der Waals surface area contributed by atoms with Crippen molar-refractivity contribution in [3.05, 3.63) is 22.1 Å². The molecular formula is C12H21N3O. The maximum absolute atomic E-state index is 11.3. The summed E-state index contributed by atoms with van der Waals surface area (Å²) in [7, 11) is 0. The first kappa shape index (κ1) is 14.6. The fourth-order valence-electron chi connectivity index (χ4n) is 0.949. The molecule has 4 heteroatoms. The van der Waals surface area contributed by atoms with Crippen molar-refractivity contribution in [3.63, 3.8) is 0 Å². The lowest BCUT2D eigenvalue weighted by molar-refractivity contribution is 0.754. The standard InChI is InChI=1S/C10H15N3O.C2H6/c1-4-7(2)5-11-9-8(3)6-12-13-10(9)14;1-2/h5-7H,4H2,1-3H3,(H,13,14);1-2H3. The Labute approximate surface area is 96.8 Å². The Balaban J connectivity index is 0.00000106. The summed E-state index contributed by atoms with van der Waals surface area (Å²) in [5, 5.41) is 6.04. The van der Waals surface area contributed by atoms with Crippen LogP contribution in [0.2, 0.25) is 0 Å². The Hall–Kier alpha value is -1.45. The molecule has 0 aliphatic carbocycles. The average Bonchev–Trinajstić information content (AvgIpc) is 2.30. The summed E-state index contributed by atoms with van der Waals surface area (Å²) in [6.07, 6.45) is 4.42. The summed E-state index contributed by atoms with van der Waals surface area (Å²) in [5.74, 6) is 0.391. The van der Waals surface area contributed by atoms with Gasteiger partial charge < -0.3 is 0 Å². The fraction of sp³-hybridized carbons (Fsp3) is 0.583. The van der Waals surface area contributed by atoms with Crippen LogP contribution in [-0.4, -0.2) is 16.4 Å². The minimum absolute atomic E-state index is 0.232. The van der Waals surface area contributed by atoms with E-state index in [9.17, 15) is 4.79 Å². The van der Waals surface area contributed by atoms with Crippen LogP contribution in [-0.2, 0) is 0 Å². The van der Waals surface area contributed by atoms with Gasteiger partial charge in [-0.2, -0.15) is 5.10 Å². The molecule has 0 bridgehead atoms. The Morgan fingerprint density at radius 1 is 1.56 bits per heavy atom. The summed E-state index contributed by atoms with van der Waals surface area (Å²) in [4.78, 5) is 15.5. The number of aliphatic imine (C=N–C) groups is 1. The Morgan fingerprint density at radius 2 is 2.19 bits per heavy atom. The molecule has 0 aromatic carbocycles. The van der Waals surface area contributed by atoms with Gasteiger partial charge in [-0.05, 0) is 19.3 Å². The van der Waals surface area contributed by atoms with Crippen LogP contribution >= 0.6 is 0 Å². The van der Waals surface area contributed by atoms with Gasteiger partial charge in [-0.1, -0.05) is 27.7 Å². The molecule has 0 aliphatic rings. The lowest BCUT2D eigenvalue weighted by Crippen LogP contribution is -2.08. The molecule has 1 atom stereocenters. The monoisotopic (exact) mass is 223 g/mol. The van der Waals surface area contributed by atoms with Crippen molar-refractivity contribution in [1.29, 1.82) is 0 Å². The van der Waals surface area contributed by atoms with Crippen molar-refractivity contribution in [3.8, 4) is 0 Å². The molecule has 1 aromatic rings. The quantitative estimate of drug-likeness (QED) is 0.801. The Kier molecular flexibility index (Phi) is 7.09. The van der Waals surface area contributed by atoms with E-state index in [1.807, 2.05) is 20.8 Å². The Bertz CT molecular complexity index is 382. The molecule has 1 rings (SSSR count). The van der Waals surface area contributed by atoms with Gasteiger partial charge in [0.15, 0.2) is 0 Å². The number of rotatable bonds is 3. The molecule has 0 spiro atoms. The topological polar surface area (TPSA) is 58.1 Å². The van der Waals surface area contributed by atoms with Crippen molar-refractivity contribution >= 4 is 11.9 Å². The van der Waals surface area contributed by atoms with Crippen LogP contribution in [0.15, 0.2) is 16.0 Å². The van der Waals surface area contributed by atoms with Crippen molar-refractivity contribution in [1.82, 2.24) is 10.2 Å². The van der Waals surface area contributed by atoms with E-state index >= 15 is 0 Å². The average molecular weight is 223 g/mol. The van der Waals surface area contributed by atoms with Crippen LogP contribution in [0.5, 0.6) is 0 Å². The normalized spacial score (nSPS) is 12.1. The number of nitrogens with zero attached hydrogens (tertiary/aromatic N) is 2. The van der Waals surface area contributed by atoms with Crippen LogP contribution in [0, 0.1) is 12.8 Å². The van der Waals surface area contributed by atoms with Gasteiger partial charge >= 0.3 is 0 Å². The van der Waals surface area contributed by atoms with Gasteiger partial charge in [0, 0.05) is 11.8 Å². The molecule has 4 nitrogen and oxygen atoms in total. The van der Waals surface area contributed by atoms with E-state index in [0.29, 0.717) is 11.6 Å². The van der Waals surface area contributed by atoms with Crippen molar-refractivity contribution in [2.24, 2.45) is 10.9 Å². The van der Waals surface area contributed by atoms with Crippen LogP contribution in [0.25, 0.3) is 0 Å². The molecule has 16 heavy (non-hydrogen) atoms. The summed E-state index contributed by atoms with van der Waals surface area (Å²) in [6.45, 7) is 9.97. The van der Waals surface area contributed by atoms with E-state index in [1.54, 1.807) is 12.4 Å². The zero-order chi connectivity index (χ0) is 12.6. The minimum Gasteiger partial charge on any atom is -0.266 e. The highest BCUT2D eigenvalue weighted by molar-refractivity contribution is 5.65. The molecule has 0 radical (unpaired) electrons. The number of aryl methyl sites for hydroxylation is 1. The first-order chi connectivity index (χ1) is 7.65. The third kappa shape index (κ3) is 4.38. The number of hydrogen-bond donors (Lipinski definition) is 1. The number of hydrogen-bond acceptors (Lipinski definition) is 3. The van der Waals surface area contributed by atoms with Crippen LogP contribution in [0.1, 0.15) is 39.7 Å². The molecule has 1 N–H and O–H groups in total. The molecule has 1 unspecified atom stereocenters. The fourth-order valence-corrected chi connectivity index (χ4v) is 0.949. The SMILES string of the molecule is CC.CCC(C)C=Nc1c(C)cn[nH]c1=O. The smallest absolute Gasteiger partial charge is 0.266 e. The van der Waals surface area contributed by atoms with Gasteiger partial charge in [-0.3, -0.25) is 9.79 Å². The second kappa shape index (κ2) is 7.79. The molecule has 0 saturated heterocycles. The number of aromatic amines is 1. The molecule has 1 aromatic heterocycles. The molecule has 90 valence electrons. The van der Waals surface area contributed by atoms with E-state index in [-0.39, 0.29) is 5.56 Å². The van der Waals surface area contributed by atoms with Crippen molar-refractivity contribution < 1.29 is 0 Å². The summed E-state index contributed by atoms with van der Waals surface area (Å²) in [5.41, 5.74) is 1.03. The van der Waals surface area contributed by atoms with Crippen LogP contribution in [0.4, 0.5) is 5.69 Å². The van der Waals surface area contributed by atoms with E-state index < -0.39 is 0 Å². The number of nitrogens with one attached hydrogen (secondary N) is 1. The number of H-pyrrole nitrogens is 1. The first-order valence-corrected chi connectivity index (χ1v) is 5.73. The zero-order valence-corrected chi connectivity index (χ0v) is 10.7. The molecular weight excluding hydrogens is 202 g/mol. The molecule has 1 heterocycles. The van der Waals surface area contributed by atoms with Gasteiger partial charge in [0.2, 0.25) is 0 Å². The van der Waals surface area contributed by atoms with Crippen molar-refractivity contribution in [2.75, 3.05) is 0 Å². The van der Waals surface area contributed by atoms with Gasteiger partial charge in [-0.15, -0.1) is 0 Å². The lowest BCUT2D eigenvalue weighted by atomic mass is 10.1. The highest BCUT2D eigenvalue weighted by atomic mass is 16.1. The van der Waals surface area contributed by atoms with Crippen LogP contribution < -0.4 is 5.56 Å². The predicted molar refractivity (Wildman–Crippen MR) is 68.5 cm³/mol. The van der Waals surface area contributed by atoms with E-state index in [4.69, 9.17) is 0 Å². The largest absolute Gasteiger partial charge is 0.290 e. The number of aromatic nitrogens is 2. The predicted octanol–water partition coefficient (Wildman–Crippen LogP) is 2.85. The third-order valence-electron chi connectivity index (χ3n) is 2.11. The maximum atomic E-state index is 11.3. The van der Waals surface area contributed by atoms with Gasteiger partial charge in [0.25, 0.3) is 5.56 Å². The zero-order valence-electron chi connectivity index (χ0n) is 10.7. The summed E-state index contributed by atoms with van der Waals surface area (Å²) in [6, 6.07) is 0. The first-order valence-electron chi connectivity index (χ1n) is 5.73. The third-order valence-corrected chi connectivity index (χ3v) is 2.11. The highest BCUT2D eigenvalue weighted by Crippen LogP contribution is 2.10. The lowest BCUT2D eigenvalue weighted by Gasteiger charge is -2.00. The minimum atomic E-state index is -0.232. The molecule has 0 saturated carbocycles.